The van der Waals surface area contributed by atoms with Crippen molar-refractivity contribution in [3.8, 4) is 5.75 Å². The smallest absolute Gasteiger partial charge is 0.272 e. The van der Waals surface area contributed by atoms with Gasteiger partial charge < -0.3 is 10.5 Å². The van der Waals surface area contributed by atoms with Crippen molar-refractivity contribution in [2.45, 2.75) is 18.9 Å². The van der Waals surface area contributed by atoms with Crippen LogP contribution in [0.4, 0.5) is 8.78 Å². The van der Waals surface area contributed by atoms with Crippen LogP contribution in [0.2, 0.25) is 0 Å². The van der Waals surface area contributed by atoms with E-state index < -0.39 is 13.0 Å². The van der Waals surface area contributed by atoms with Gasteiger partial charge in [-0.2, -0.15) is 0 Å². The van der Waals surface area contributed by atoms with Gasteiger partial charge in [-0.05, 0) is 35.7 Å². The molecule has 2 atom stereocenters. The maximum absolute atomic E-state index is 12.2. The molecule has 2 aromatic carbocycles. The second-order valence-electron chi connectivity index (χ2n) is 6.55. The predicted octanol–water partition coefficient (Wildman–Crippen LogP) is 3.50. The Hall–Kier alpha value is -1.98. The molecule has 0 bridgehead atoms. The van der Waals surface area contributed by atoms with Crippen LogP contribution in [-0.4, -0.2) is 37.6 Å². The molecule has 3 rings (SSSR count). The van der Waals surface area contributed by atoms with Gasteiger partial charge in [0, 0.05) is 25.6 Å². The number of halogens is 2. The molecule has 0 spiro atoms. The molecule has 0 unspecified atom stereocenters. The molecule has 0 radical (unpaired) electrons. The zero-order chi connectivity index (χ0) is 17.6. The number of ether oxygens (including phenoxy) is 1. The summed E-state index contributed by atoms with van der Waals surface area (Å²) in [6, 6.07) is 17.9. The third-order valence-electron chi connectivity index (χ3n) is 4.75. The molecule has 134 valence electrons. The molecule has 2 N–H and O–H groups in total. The third-order valence-corrected chi connectivity index (χ3v) is 4.75. The Balaban J connectivity index is 1.60. The molecule has 0 aromatic heterocycles. The number of nitrogens with two attached hydrogens (primary N) is 1. The number of hydrogen-bond acceptors (Lipinski definition) is 3. The van der Waals surface area contributed by atoms with Crippen molar-refractivity contribution in [3.63, 3.8) is 0 Å². The normalized spacial score (nSPS) is 21.0. The first kappa shape index (κ1) is 17.8. The largest absolute Gasteiger partial charge is 0.488 e. The van der Waals surface area contributed by atoms with Gasteiger partial charge in [0.1, 0.15) is 12.4 Å². The van der Waals surface area contributed by atoms with Crippen LogP contribution in [0.3, 0.4) is 0 Å². The van der Waals surface area contributed by atoms with Gasteiger partial charge in [0.05, 0.1) is 0 Å². The van der Waals surface area contributed by atoms with Gasteiger partial charge in [-0.15, -0.1) is 0 Å². The molecule has 1 aliphatic heterocycles. The van der Waals surface area contributed by atoms with Crippen molar-refractivity contribution in [2.75, 3.05) is 26.2 Å². The van der Waals surface area contributed by atoms with E-state index in [0.29, 0.717) is 24.1 Å². The molecule has 0 saturated carbocycles. The van der Waals surface area contributed by atoms with Crippen molar-refractivity contribution in [1.29, 1.82) is 0 Å². The second-order valence-corrected chi connectivity index (χ2v) is 6.55. The van der Waals surface area contributed by atoms with Gasteiger partial charge >= 0.3 is 0 Å². The summed E-state index contributed by atoms with van der Waals surface area (Å²) in [7, 11) is 0. The van der Waals surface area contributed by atoms with Crippen LogP contribution in [0.15, 0.2) is 54.6 Å². The topological polar surface area (TPSA) is 38.5 Å². The van der Waals surface area contributed by atoms with E-state index in [-0.39, 0.29) is 0 Å². The fourth-order valence-electron chi connectivity index (χ4n) is 3.51. The van der Waals surface area contributed by atoms with Gasteiger partial charge in [0.2, 0.25) is 0 Å². The van der Waals surface area contributed by atoms with Crippen molar-refractivity contribution in [2.24, 2.45) is 11.7 Å². The SMILES string of the molecule is NC[C@@H]1CN(Cc2ccc(OCC(F)F)cc2)C[C@H]1c1ccccc1. The first-order chi connectivity index (χ1) is 12.2. The second kappa shape index (κ2) is 8.41. The first-order valence-electron chi connectivity index (χ1n) is 8.63. The van der Waals surface area contributed by atoms with Crippen LogP contribution in [0, 0.1) is 5.92 Å². The zero-order valence-electron chi connectivity index (χ0n) is 14.2. The average Bonchev–Trinajstić information content (AvgIpc) is 3.05. The van der Waals surface area contributed by atoms with Crippen LogP contribution >= 0.6 is 0 Å². The molecule has 0 aliphatic carbocycles. The number of hydrogen-bond donors (Lipinski definition) is 1. The molecule has 1 aliphatic rings. The standard InChI is InChI=1S/C20H24F2N2O/c21-20(22)14-25-18-8-6-15(7-9-18)11-24-12-17(10-23)19(13-24)16-4-2-1-3-5-16/h1-9,17,19-20H,10-14,23H2/t17-,19+/m1/s1. The Bertz CT molecular complexity index is 649. The molecular formula is C20H24F2N2O. The highest BCUT2D eigenvalue weighted by Crippen LogP contribution is 2.32. The van der Waals surface area contributed by atoms with Gasteiger partial charge in [-0.25, -0.2) is 8.78 Å². The Morgan fingerprint density at radius 2 is 1.76 bits per heavy atom. The highest BCUT2D eigenvalue weighted by Gasteiger charge is 2.32. The van der Waals surface area contributed by atoms with E-state index in [2.05, 4.69) is 29.2 Å². The highest BCUT2D eigenvalue weighted by atomic mass is 19.3. The first-order valence-corrected chi connectivity index (χ1v) is 8.63. The summed E-state index contributed by atoms with van der Waals surface area (Å²) >= 11 is 0. The third kappa shape index (κ3) is 4.77. The molecule has 1 heterocycles. The molecule has 1 saturated heterocycles. The molecule has 25 heavy (non-hydrogen) atoms. The van der Waals surface area contributed by atoms with Crippen molar-refractivity contribution in [1.82, 2.24) is 4.90 Å². The quantitative estimate of drug-likeness (QED) is 0.834. The van der Waals surface area contributed by atoms with E-state index >= 15 is 0 Å². The Morgan fingerprint density at radius 1 is 1.04 bits per heavy atom. The van der Waals surface area contributed by atoms with Gasteiger partial charge in [-0.3, -0.25) is 4.90 Å². The minimum atomic E-state index is -2.45. The van der Waals surface area contributed by atoms with E-state index in [0.717, 1.165) is 25.2 Å². The highest BCUT2D eigenvalue weighted by molar-refractivity contribution is 5.28. The average molecular weight is 346 g/mol. The van der Waals surface area contributed by atoms with Crippen molar-refractivity contribution in [3.05, 3.63) is 65.7 Å². The fraction of sp³-hybridized carbons (Fsp3) is 0.400. The lowest BCUT2D eigenvalue weighted by Crippen LogP contribution is -2.23. The number of alkyl halides is 2. The lowest BCUT2D eigenvalue weighted by atomic mass is 9.89. The van der Waals surface area contributed by atoms with Crippen LogP contribution < -0.4 is 10.5 Å². The number of likely N-dealkylation sites (tertiary alicyclic amines) is 1. The molecule has 1 fully saturated rings. The van der Waals surface area contributed by atoms with Crippen molar-refractivity contribution >= 4 is 0 Å². The summed E-state index contributed by atoms with van der Waals surface area (Å²) in [5.41, 5.74) is 8.48. The molecule has 3 nitrogen and oxygen atoms in total. The lowest BCUT2D eigenvalue weighted by molar-refractivity contribution is 0.0819. The summed E-state index contributed by atoms with van der Waals surface area (Å²) in [6.45, 7) is 2.89. The summed E-state index contributed by atoms with van der Waals surface area (Å²) < 4.78 is 29.4. The predicted molar refractivity (Wildman–Crippen MR) is 94.9 cm³/mol. The van der Waals surface area contributed by atoms with Crippen LogP contribution in [0.1, 0.15) is 17.0 Å². The fourth-order valence-corrected chi connectivity index (χ4v) is 3.51. The van der Waals surface area contributed by atoms with E-state index in [4.69, 9.17) is 10.5 Å². The molecule has 0 amide bonds. The van der Waals surface area contributed by atoms with E-state index in [1.54, 1.807) is 12.1 Å². The minimum absolute atomic E-state index is 0.455. The number of nitrogens with zero attached hydrogens (tertiary/aromatic N) is 1. The van der Waals surface area contributed by atoms with E-state index in [1.807, 2.05) is 18.2 Å². The number of rotatable bonds is 7. The number of benzene rings is 2. The Labute approximate surface area is 147 Å². The summed E-state index contributed by atoms with van der Waals surface area (Å²) in [5.74, 6) is 1.39. The van der Waals surface area contributed by atoms with Crippen molar-refractivity contribution < 1.29 is 13.5 Å². The molecular weight excluding hydrogens is 322 g/mol. The van der Waals surface area contributed by atoms with Crippen LogP contribution in [0.5, 0.6) is 5.75 Å². The minimum Gasteiger partial charge on any atom is -0.488 e. The summed E-state index contributed by atoms with van der Waals surface area (Å²) in [6.07, 6.45) is -2.45. The Morgan fingerprint density at radius 3 is 2.40 bits per heavy atom. The molecule has 5 heteroatoms. The summed E-state index contributed by atoms with van der Waals surface area (Å²) in [4.78, 5) is 2.41. The maximum atomic E-state index is 12.2. The van der Waals surface area contributed by atoms with Crippen LogP contribution in [0.25, 0.3) is 0 Å². The van der Waals surface area contributed by atoms with Gasteiger partial charge in [-0.1, -0.05) is 42.5 Å². The van der Waals surface area contributed by atoms with Gasteiger partial charge in [0.25, 0.3) is 6.43 Å². The maximum Gasteiger partial charge on any atom is 0.272 e. The van der Waals surface area contributed by atoms with Gasteiger partial charge in [0.15, 0.2) is 0 Å². The van der Waals surface area contributed by atoms with Crippen LogP contribution in [-0.2, 0) is 6.54 Å². The Kier molecular flexibility index (Phi) is 6.00. The summed E-state index contributed by atoms with van der Waals surface area (Å²) in [5, 5.41) is 0. The molecule has 2 aromatic rings. The monoisotopic (exact) mass is 346 g/mol. The van der Waals surface area contributed by atoms with E-state index in [1.165, 1.54) is 5.56 Å². The lowest BCUT2D eigenvalue weighted by Gasteiger charge is -2.17. The zero-order valence-corrected chi connectivity index (χ0v) is 14.2. The van der Waals surface area contributed by atoms with E-state index in [9.17, 15) is 8.78 Å².